The summed E-state index contributed by atoms with van der Waals surface area (Å²) >= 11 is 0. The number of amides is 1. The van der Waals surface area contributed by atoms with Gasteiger partial charge in [0.15, 0.2) is 0 Å². The Labute approximate surface area is 132 Å². The van der Waals surface area contributed by atoms with Crippen molar-refractivity contribution in [1.82, 2.24) is 4.90 Å². The molecule has 2 unspecified atom stereocenters. The zero-order valence-corrected chi connectivity index (χ0v) is 13.7. The van der Waals surface area contributed by atoms with Crippen LogP contribution in [0, 0.1) is 5.92 Å². The molecule has 1 aromatic rings. The van der Waals surface area contributed by atoms with E-state index in [1.54, 1.807) is 13.2 Å². The molecular formula is C18H26N2O2. The van der Waals surface area contributed by atoms with Crippen molar-refractivity contribution in [2.24, 2.45) is 11.7 Å². The first-order chi connectivity index (χ1) is 10.5. The minimum absolute atomic E-state index is 0.0747. The Hall–Kier alpha value is -1.81. The predicted octanol–water partition coefficient (Wildman–Crippen LogP) is 2.68. The fraction of sp³-hybridized carbons (Fsp3) is 0.500. The number of rotatable bonds is 4. The molecule has 1 aliphatic heterocycles. The van der Waals surface area contributed by atoms with Gasteiger partial charge in [0.25, 0.3) is 0 Å². The second kappa shape index (κ2) is 7.45. The monoisotopic (exact) mass is 302 g/mol. The van der Waals surface area contributed by atoms with E-state index in [-0.39, 0.29) is 11.9 Å². The highest BCUT2D eigenvalue weighted by molar-refractivity contribution is 5.95. The zero-order chi connectivity index (χ0) is 16.1. The molecule has 1 fully saturated rings. The molecule has 22 heavy (non-hydrogen) atoms. The van der Waals surface area contributed by atoms with Crippen LogP contribution in [0.15, 0.2) is 30.3 Å². The van der Waals surface area contributed by atoms with Crippen LogP contribution in [0.2, 0.25) is 0 Å². The van der Waals surface area contributed by atoms with E-state index in [0.29, 0.717) is 5.92 Å². The molecule has 0 bridgehead atoms. The van der Waals surface area contributed by atoms with Gasteiger partial charge in [-0.25, -0.2) is 0 Å². The van der Waals surface area contributed by atoms with Crippen LogP contribution in [0.25, 0.3) is 5.57 Å². The maximum atomic E-state index is 12.5. The fourth-order valence-corrected chi connectivity index (χ4v) is 2.87. The second-order valence-corrected chi connectivity index (χ2v) is 6.10. The van der Waals surface area contributed by atoms with Gasteiger partial charge >= 0.3 is 0 Å². The van der Waals surface area contributed by atoms with E-state index in [0.717, 1.165) is 42.8 Å². The van der Waals surface area contributed by atoms with Crippen LogP contribution in [0.4, 0.5) is 0 Å². The topological polar surface area (TPSA) is 55.6 Å². The normalized spacial score (nSPS) is 20.6. The molecule has 2 N–H and O–H groups in total. The summed E-state index contributed by atoms with van der Waals surface area (Å²) in [5.74, 6) is 1.28. The number of ether oxygens (including phenoxy) is 1. The number of piperidine rings is 1. The van der Waals surface area contributed by atoms with Crippen LogP contribution in [-0.4, -0.2) is 37.0 Å². The number of nitrogens with two attached hydrogens (primary N) is 1. The Kier molecular flexibility index (Phi) is 5.61. The maximum Gasteiger partial charge on any atom is 0.246 e. The molecule has 4 heteroatoms. The number of carbonyl (C=O) groups excluding carboxylic acids is 1. The van der Waals surface area contributed by atoms with Gasteiger partial charge in [-0.15, -0.1) is 0 Å². The first kappa shape index (κ1) is 16.6. The third-order valence-corrected chi connectivity index (χ3v) is 4.38. The van der Waals surface area contributed by atoms with Crippen molar-refractivity contribution in [3.05, 3.63) is 35.9 Å². The average molecular weight is 302 g/mol. The highest BCUT2D eigenvalue weighted by atomic mass is 16.5. The number of carbonyl (C=O) groups is 1. The smallest absolute Gasteiger partial charge is 0.246 e. The lowest BCUT2D eigenvalue weighted by Gasteiger charge is -2.34. The van der Waals surface area contributed by atoms with Crippen molar-refractivity contribution >= 4 is 11.5 Å². The molecule has 0 saturated carbocycles. The van der Waals surface area contributed by atoms with Crippen molar-refractivity contribution in [3.8, 4) is 5.75 Å². The molecule has 1 amide bonds. The lowest BCUT2D eigenvalue weighted by molar-refractivity contribution is -0.127. The number of hydrogen-bond acceptors (Lipinski definition) is 3. The lowest BCUT2D eigenvalue weighted by atomic mass is 9.92. The van der Waals surface area contributed by atoms with Gasteiger partial charge in [-0.05, 0) is 55.9 Å². The van der Waals surface area contributed by atoms with Crippen LogP contribution in [0.1, 0.15) is 32.3 Å². The van der Waals surface area contributed by atoms with Gasteiger partial charge in [0.05, 0.1) is 7.11 Å². The van der Waals surface area contributed by atoms with Crippen molar-refractivity contribution in [2.75, 3.05) is 20.2 Å². The van der Waals surface area contributed by atoms with E-state index in [2.05, 4.69) is 0 Å². The molecule has 0 spiro atoms. The van der Waals surface area contributed by atoms with Gasteiger partial charge in [0.1, 0.15) is 5.75 Å². The standard InChI is InChI=1S/C18H26N2O2/c1-13(15-6-4-8-17(11-15)22-3)10-18(21)20-9-5-7-16(12-20)14(2)19/h4,6,8,10-11,14,16H,5,7,9,12,19H2,1-3H3/b13-10+. The first-order valence-corrected chi connectivity index (χ1v) is 7.88. The van der Waals surface area contributed by atoms with Gasteiger partial charge in [-0.2, -0.15) is 0 Å². The molecule has 120 valence electrons. The van der Waals surface area contributed by atoms with Crippen LogP contribution in [0.3, 0.4) is 0 Å². The van der Waals surface area contributed by atoms with Crippen molar-refractivity contribution in [2.45, 2.75) is 32.7 Å². The number of allylic oxidation sites excluding steroid dienone is 1. The number of likely N-dealkylation sites (tertiary alicyclic amines) is 1. The Morgan fingerprint density at radius 2 is 2.27 bits per heavy atom. The summed E-state index contributed by atoms with van der Waals surface area (Å²) in [7, 11) is 1.64. The van der Waals surface area contributed by atoms with E-state index in [4.69, 9.17) is 10.5 Å². The summed E-state index contributed by atoms with van der Waals surface area (Å²) in [6.07, 6.45) is 3.86. The van der Waals surface area contributed by atoms with Gasteiger partial charge in [0.2, 0.25) is 5.91 Å². The summed E-state index contributed by atoms with van der Waals surface area (Å²) in [5, 5.41) is 0. The Balaban J connectivity index is 2.08. The van der Waals surface area contributed by atoms with E-state index in [9.17, 15) is 4.79 Å². The molecule has 0 aliphatic carbocycles. The number of methoxy groups -OCH3 is 1. The SMILES string of the molecule is COc1cccc(/C(C)=C/C(=O)N2CCCC(C(C)N)C2)c1. The van der Waals surface area contributed by atoms with E-state index in [1.165, 1.54) is 0 Å². The summed E-state index contributed by atoms with van der Waals surface area (Å²) in [4.78, 5) is 14.4. The summed E-state index contributed by atoms with van der Waals surface area (Å²) in [6.45, 7) is 5.57. The minimum Gasteiger partial charge on any atom is -0.497 e. The van der Waals surface area contributed by atoms with Crippen molar-refractivity contribution in [1.29, 1.82) is 0 Å². The molecule has 4 nitrogen and oxygen atoms in total. The Bertz CT molecular complexity index is 552. The number of hydrogen-bond donors (Lipinski definition) is 1. The van der Waals surface area contributed by atoms with Crippen LogP contribution >= 0.6 is 0 Å². The molecule has 0 radical (unpaired) electrons. The summed E-state index contributed by atoms with van der Waals surface area (Å²) < 4.78 is 5.23. The third-order valence-electron chi connectivity index (χ3n) is 4.38. The van der Waals surface area contributed by atoms with E-state index in [1.807, 2.05) is 43.0 Å². The number of benzene rings is 1. The van der Waals surface area contributed by atoms with Crippen LogP contribution in [0.5, 0.6) is 5.75 Å². The first-order valence-electron chi connectivity index (χ1n) is 7.88. The Morgan fingerprint density at radius 1 is 1.50 bits per heavy atom. The summed E-state index contributed by atoms with van der Waals surface area (Å²) in [6, 6.07) is 7.90. The van der Waals surface area contributed by atoms with Crippen LogP contribution < -0.4 is 10.5 Å². The third kappa shape index (κ3) is 4.10. The molecule has 2 atom stereocenters. The molecule has 2 rings (SSSR count). The minimum atomic E-state index is 0.0747. The van der Waals surface area contributed by atoms with Gasteiger partial charge in [0, 0.05) is 25.2 Å². The van der Waals surface area contributed by atoms with Crippen LogP contribution in [-0.2, 0) is 4.79 Å². The highest BCUT2D eigenvalue weighted by Crippen LogP contribution is 2.22. The molecule has 1 aliphatic rings. The number of nitrogens with zero attached hydrogens (tertiary/aromatic N) is 1. The summed E-state index contributed by atoms with van der Waals surface area (Å²) in [5.41, 5.74) is 7.95. The molecule has 1 saturated heterocycles. The van der Waals surface area contributed by atoms with Gasteiger partial charge < -0.3 is 15.4 Å². The molecular weight excluding hydrogens is 276 g/mol. The maximum absolute atomic E-state index is 12.5. The highest BCUT2D eigenvalue weighted by Gasteiger charge is 2.24. The van der Waals surface area contributed by atoms with Crippen molar-refractivity contribution in [3.63, 3.8) is 0 Å². The van der Waals surface area contributed by atoms with Gasteiger partial charge in [-0.1, -0.05) is 12.1 Å². The fourth-order valence-electron chi connectivity index (χ4n) is 2.87. The molecule has 0 aromatic heterocycles. The zero-order valence-electron chi connectivity index (χ0n) is 13.7. The average Bonchev–Trinajstić information content (AvgIpc) is 2.54. The largest absolute Gasteiger partial charge is 0.497 e. The predicted molar refractivity (Wildman–Crippen MR) is 89.6 cm³/mol. The van der Waals surface area contributed by atoms with E-state index < -0.39 is 0 Å². The lowest BCUT2D eigenvalue weighted by Crippen LogP contribution is -2.44. The van der Waals surface area contributed by atoms with Crippen molar-refractivity contribution < 1.29 is 9.53 Å². The molecule has 1 heterocycles. The quantitative estimate of drug-likeness (QED) is 0.870. The Morgan fingerprint density at radius 3 is 2.95 bits per heavy atom. The molecule has 1 aromatic carbocycles. The van der Waals surface area contributed by atoms with Gasteiger partial charge in [-0.3, -0.25) is 4.79 Å². The second-order valence-electron chi connectivity index (χ2n) is 6.10. The van der Waals surface area contributed by atoms with E-state index >= 15 is 0 Å².